The van der Waals surface area contributed by atoms with Crippen molar-refractivity contribution in [3.05, 3.63) is 22.4 Å². The van der Waals surface area contributed by atoms with Crippen LogP contribution in [-0.4, -0.2) is 32.3 Å². The van der Waals surface area contributed by atoms with Crippen LogP contribution in [-0.2, 0) is 14.3 Å². The molecule has 1 aromatic rings. The van der Waals surface area contributed by atoms with E-state index >= 15 is 0 Å². The minimum Gasteiger partial charge on any atom is -0.464 e. The van der Waals surface area contributed by atoms with Crippen LogP contribution in [0.5, 0.6) is 0 Å². The van der Waals surface area contributed by atoms with Gasteiger partial charge in [0.25, 0.3) is 0 Å². The highest BCUT2D eigenvalue weighted by molar-refractivity contribution is 7.10. The van der Waals surface area contributed by atoms with Crippen molar-refractivity contribution in [2.24, 2.45) is 0 Å². The number of esters is 1. The van der Waals surface area contributed by atoms with Crippen LogP contribution in [0.3, 0.4) is 0 Å². The molecule has 96 valence electrons. The van der Waals surface area contributed by atoms with Gasteiger partial charge in [0.1, 0.15) is 6.61 Å². The van der Waals surface area contributed by atoms with Gasteiger partial charge in [-0.15, -0.1) is 11.3 Å². The van der Waals surface area contributed by atoms with E-state index in [0.29, 0.717) is 19.3 Å². The Kier molecular flexibility index (Phi) is 6.84. The molecule has 0 aromatic carbocycles. The van der Waals surface area contributed by atoms with Gasteiger partial charge in [-0.1, -0.05) is 6.07 Å². The average Bonchev–Trinajstić information content (AvgIpc) is 2.82. The van der Waals surface area contributed by atoms with Crippen LogP contribution < -0.4 is 5.32 Å². The summed E-state index contributed by atoms with van der Waals surface area (Å²) in [6.07, 6.45) is 0. The molecule has 1 heterocycles. The lowest BCUT2D eigenvalue weighted by molar-refractivity contribution is -0.148. The van der Waals surface area contributed by atoms with Crippen molar-refractivity contribution >= 4 is 17.3 Å². The summed E-state index contributed by atoms with van der Waals surface area (Å²) in [7, 11) is 0. The van der Waals surface area contributed by atoms with Crippen molar-refractivity contribution in [3.63, 3.8) is 0 Å². The zero-order valence-corrected chi connectivity index (χ0v) is 11.1. The van der Waals surface area contributed by atoms with E-state index in [1.807, 2.05) is 6.07 Å². The summed E-state index contributed by atoms with van der Waals surface area (Å²) in [6, 6.07) is 4.46. The lowest BCUT2D eigenvalue weighted by atomic mass is 10.3. The molecule has 1 N–H and O–H groups in total. The monoisotopic (exact) mass is 257 g/mol. The van der Waals surface area contributed by atoms with Gasteiger partial charge in [0.15, 0.2) is 0 Å². The van der Waals surface area contributed by atoms with Crippen LogP contribution in [0.2, 0.25) is 0 Å². The third-order valence-corrected chi connectivity index (χ3v) is 3.25. The second-order valence-corrected chi connectivity index (χ2v) is 4.53. The zero-order valence-electron chi connectivity index (χ0n) is 10.3. The van der Waals surface area contributed by atoms with Gasteiger partial charge in [0, 0.05) is 17.5 Å². The highest BCUT2D eigenvalue weighted by atomic mass is 32.1. The topological polar surface area (TPSA) is 47.6 Å². The predicted octanol–water partition coefficient (Wildman–Crippen LogP) is 1.98. The van der Waals surface area contributed by atoms with E-state index in [4.69, 9.17) is 9.47 Å². The smallest absolute Gasteiger partial charge is 0.332 e. The van der Waals surface area contributed by atoms with Crippen LogP contribution in [0.4, 0.5) is 0 Å². The lowest BCUT2D eigenvalue weighted by Gasteiger charge is -2.11. The van der Waals surface area contributed by atoms with E-state index in [0.717, 1.165) is 6.54 Å². The van der Waals surface area contributed by atoms with E-state index < -0.39 is 0 Å². The molecule has 0 saturated carbocycles. The van der Waals surface area contributed by atoms with E-state index in [1.54, 1.807) is 18.3 Å². The number of carbonyl (C=O) groups excluding carboxylic acids is 1. The highest BCUT2D eigenvalue weighted by Crippen LogP contribution is 2.17. The molecule has 4 nitrogen and oxygen atoms in total. The molecule has 17 heavy (non-hydrogen) atoms. The van der Waals surface area contributed by atoms with Gasteiger partial charge >= 0.3 is 5.97 Å². The molecule has 0 radical (unpaired) electrons. The summed E-state index contributed by atoms with van der Waals surface area (Å²) in [5, 5.41) is 5.38. The van der Waals surface area contributed by atoms with E-state index in [-0.39, 0.29) is 12.6 Å². The fourth-order valence-electron chi connectivity index (χ4n) is 1.34. The molecule has 0 spiro atoms. The summed E-state index contributed by atoms with van der Waals surface area (Å²) in [6.45, 7) is 5.55. The Balaban J connectivity index is 2.03. The maximum absolute atomic E-state index is 11.0. The summed E-state index contributed by atoms with van der Waals surface area (Å²) in [5.74, 6) is -0.307. The minimum absolute atomic E-state index is 0.0307. The number of hydrogen-bond donors (Lipinski definition) is 1. The Hall–Kier alpha value is -0.910. The molecule has 1 rings (SSSR count). The molecule has 1 atom stereocenters. The normalized spacial score (nSPS) is 12.4. The number of nitrogens with one attached hydrogen (secondary N) is 1. The molecule has 1 aromatic heterocycles. The Labute approximate surface area is 106 Å². The molecule has 5 heteroatoms. The van der Waals surface area contributed by atoms with Gasteiger partial charge in [-0.25, -0.2) is 4.79 Å². The Morgan fingerprint density at radius 3 is 3.06 bits per heavy atom. The second kappa shape index (κ2) is 8.22. The van der Waals surface area contributed by atoms with Crippen LogP contribution in [0.15, 0.2) is 17.5 Å². The zero-order chi connectivity index (χ0) is 12.5. The van der Waals surface area contributed by atoms with Gasteiger partial charge in [0.05, 0.1) is 13.2 Å². The molecular formula is C12H19NO3S. The Bertz CT molecular complexity index is 314. The van der Waals surface area contributed by atoms with Crippen molar-refractivity contribution in [3.8, 4) is 0 Å². The molecule has 0 aliphatic carbocycles. The maximum atomic E-state index is 11.0. The quantitative estimate of drug-likeness (QED) is 0.571. The van der Waals surface area contributed by atoms with Crippen molar-refractivity contribution in [2.75, 3.05) is 26.4 Å². The number of ether oxygens (including phenoxy) is 2. The van der Waals surface area contributed by atoms with Crippen molar-refractivity contribution < 1.29 is 14.3 Å². The summed E-state index contributed by atoms with van der Waals surface area (Å²) >= 11 is 1.73. The predicted molar refractivity (Wildman–Crippen MR) is 68.2 cm³/mol. The lowest BCUT2D eigenvalue weighted by Crippen LogP contribution is -2.24. The first-order valence-corrected chi connectivity index (χ1v) is 6.62. The van der Waals surface area contributed by atoms with Crippen molar-refractivity contribution in [1.29, 1.82) is 0 Å². The molecule has 0 fully saturated rings. The minimum atomic E-state index is -0.307. The van der Waals surface area contributed by atoms with Crippen LogP contribution in [0, 0.1) is 0 Å². The Morgan fingerprint density at radius 2 is 2.41 bits per heavy atom. The Morgan fingerprint density at radius 1 is 1.59 bits per heavy atom. The summed E-state index contributed by atoms with van der Waals surface area (Å²) < 4.78 is 9.93. The fourth-order valence-corrected chi connectivity index (χ4v) is 2.10. The standard InChI is InChI=1S/C12H19NO3S/c1-3-16-12(14)9-15-7-6-13-10(2)11-5-4-8-17-11/h4-5,8,10,13H,3,6-7,9H2,1-2H3/t10-/m0/s1. The number of thiophene rings is 1. The maximum Gasteiger partial charge on any atom is 0.332 e. The second-order valence-electron chi connectivity index (χ2n) is 3.55. The molecular weight excluding hydrogens is 238 g/mol. The first-order chi connectivity index (χ1) is 8.24. The molecule has 0 bridgehead atoms. The van der Waals surface area contributed by atoms with Gasteiger partial charge in [0.2, 0.25) is 0 Å². The molecule has 0 aliphatic rings. The highest BCUT2D eigenvalue weighted by Gasteiger charge is 2.05. The molecule has 0 saturated heterocycles. The van der Waals surface area contributed by atoms with Gasteiger partial charge in [-0.3, -0.25) is 0 Å². The van der Waals surface area contributed by atoms with Gasteiger partial charge in [-0.2, -0.15) is 0 Å². The first-order valence-electron chi connectivity index (χ1n) is 5.74. The molecule has 0 amide bonds. The van der Waals surface area contributed by atoms with E-state index in [2.05, 4.69) is 23.7 Å². The van der Waals surface area contributed by atoms with Crippen molar-refractivity contribution in [2.45, 2.75) is 19.9 Å². The first kappa shape index (κ1) is 14.2. The molecule has 0 unspecified atom stereocenters. The van der Waals surface area contributed by atoms with Gasteiger partial charge in [-0.05, 0) is 25.3 Å². The van der Waals surface area contributed by atoms with Crippen LogP contribution in [0.1, 0.15) is 24.8 Å². The molecule has 0 aliphatic heterocycles. The SMILES string of the molecule is CCOC(=O)COCCN[C@@H](C)c1cccs1. The van der Waals surface area contributed by atoms with Crippen LogP contribution in [0.25, 0.3) is 0 Å². The summed E-state index contributed by atoms with van der Waals surface area (Å²) in [4.78, 5) is 12.3. The number of carbonyl (C=O) groups is 1. The number of hydrogen-bond acceptors (Lipinski definition) is 5. The van der Waals surface area contributed by atoms with Crippen LogP contribution >= 0.6 is 11.3 Å². The number of rotatable bonds is 8. The van der Waals surface area contributed by atoms with E-state index in [1.165, 1.54) is 4.88 Å². The van der Waals surface area contributed by atoms with Gasteiger partial charge < -0.3 is 14.8 Å². The third-order valence-electron chi connectivity index (χ3n) is 2.19. The summed E-state index contributed by atoms with van der Waals surface area (Å²) in [5.41, 5.74) is 0. The largest absolute Gasteiger partial charge is 0.464 e. The van der Waals surface area contributed by atoms with Crippen molar-refractivity contribution in [1.82, 2.24) is 5.32 Å². The van der Waals surface area contributed by atoms with E-state index in [9.17, 15) is 4.79 Å². The third kappa shape index (κ3) is 5.81. The fraction of sp³-hybridized carbons (Fsp3) is 0.583. The average molecular weight is 257 g/mol.